The van der Waals surface area contributed by atoms with E-state index in [1.165, 1.54) is 26.8 Å². The van der Waals surface area contributed by atoms with E-state index in [4.69, 9.17) is 5.11 Å². The fraction of sp³-hybridized carbons (Fsp3) is 0.467. The van der Waals surface area contributed by atoms with Crippen LogP contribution in [0, 0.1) is 13.8 Å². The molecule has 1 unspecified atom stereocenters. The summed E-state index contributed by atoms with van der Waals surface area (Å²) in [6.07, 6.45) is 1.20. The van der Waals surface area contributed by atoms with Gasteiger partial charge in [-0.05, 0) is 13.8 Å². The molecule has 9 heteroatoms. The van der Waals surface area contributed by atoms with Gasteiger partial charge in [-0.15, -0.1) is 11.3 Å². The van der Waals surface area contributed by atoms with Crippen LogP contribution in [-0.4, -0.2) is 55.4 Å². The van der Waals surface area contributed by atoms with E-state index in [0.29, 0.717) is 17.3 Å². The first-order valence-electron chi connectivity index (χ1n) is 7.48. The number of hydrogen-bond acceptors (Lipinski definition) is 6. The van der Waals surface area contributed by atoms with E-state index in [2.05, 4.69) is 4.98 Å². The monoisotopic (exact) mass is 367 g/mol. The molecule has 0 aliphatic carbocycles. The second-order valence-corrected chi connectivity index (χ2v) is 8.00. The summed E-state index contributed by atoms with van der Waals surface area (Å²) in [5, 5.41) is 9.05. The van der Waals surface area contributed by atoms with Gasteiger partial charge in [-0.2, -0.15) is 11.8 Å². The van der Waals surface area contributed by atoms with Crippen LogP contribution in [0.5, 0.6) is 0 Å². The Kier molecular flexibility index (Phi) is 4.64. The zero-order valence-corrected chi connectivity index (χ0v) is 14.9. The van der Waals surface area contributed by atoms with Gasteiger partial charge in [-0.1, -0.05) is 0 Å². The average Bonchev–Trinajstić information content (AvgIpc) is 2.82. The molecular formula is C15H17N3O4S2. The number of aromatic nitrogens is 2. The molecule has 1 aliphatic heterocycles. The number of thiazole rings is 1. The van der Waals surface area contributed by atoms with Gasteiger partial charge < -0.3 is 10.0 Å². The van der Waals surface area contributed by atoms with E-state index in [9.17, 15) is 14.4 Å². The van der Waals surface area contributed by atoms with Crippen molar-refractivity contribution in [2.75, 3.05) is 18.1 Å². The molecule has 128 valence electrons. The van der Waals surface area contributed by atoms with Gasteiger partial charge in [0.15, 0.2) is 4.96 Å². The highest BCUT2D eigenvalue weighted by molar-refractivity contribution is 7.99. The van der Waals surface area contributed by atoms with Crippen LogP contribution in [0.25, 0.3) is 4.96 Å². The molecule has 1 N–H and O–H groups in total. The number of nitrogens with zero attached hydrogens (tertiary/aromatic N) is 3. The topological polar surface area (TPSA) is 92.0 Å². The van der Waals surface area contributed by atoms with E-state index < -0.39 is 17.9 Å². The molecule has 3 rings (SSSR count). The lowest BCUT2D eigenvalue weighted by atomic mass is 10.1. The van der Waals surface area contributed by atoms with Crippen molar-refractivity contribution in [2.24, 2.45) is 0 Å². The number of carboxylic acids is 1. The van der Waals surface area contributed by atoms with Crippen LogP contribution in [-0.2, 0) is 4.79 Å². The molecule has 1 fully saturated rings. The number of carbonyl (C=O) groups is 2. The van der Waals surface area contributed by atoms with Crippen LogP contribution in [0.4, 0.5) is 0 Å². The normalized spacial score (nSPS) is 18.1. The Morgan fingerprint density at radius 1 is 1.42 bits per heavy atom. The smallest absolute Gasteiger partial charge is 0.305 e. The summed E-state index contributed by atoms with van der Waals surface area (Å²) in [5.74, 6) is -0.0900. The van der Waals surface area contributed by atoms with Crippen LogP contribution >= 0.6 is 23.1 Å². The summed E-state index contributed by atoms with van der Waals surface area (Å²) in [5.41, 5.74) is 0.383. The summed E-state index contributed by atoms with van der Waals surface area (Å²) in [6, 6.07) is -0.404. The number of thioether (sulfide) groups is 1. The third-order valence-corrected chi connectivity index (χ3v) is 6.31. The van der Waals surface area contributed by atoms with Crippen molar-refractivity contribution in [2.45, 2.75) is 26.3 Å². The SMILES string of the molecule is Cc1sc2ncc(C(=O)N3CCSCC3CC(=O)O)c(=O)n2c1C. The Morgan fingerprint density at radius 3 is 2.88 bits per heavy atom. The highest BCUT2D eigenvalue weighted by atomic mass is 32.2. The second kappa shape index (κ2) is 6.56. The van der Waals surface area contributed by atoms with E-state index in [0.717, 1.165) is 16.3 Å². The maximum atomic E-state index is 12.8. The van der Waals surface area contributed by atoms with E-state index in [-0.39, 0.29) is 17.5 Å². The first-order chi connectivity index (χ1) is 11.4. The van der Waals surface area contributed by atoms with E-state index >= 15 is 0 Å². The van der Waals surface area contributed by atoms with Crippen molar-refractivity contribution < 1.29 is 14.7 Å². The molecule has 1 amide bonds. The summed E-state index contributed by atoms with van der Waals surface area (Å²) in [4.78, 5) is 43.9. The van der Waals surface area contributed by atoms with Gasteiger partial charge in [0.2, 0.25) is 0 Å². The van der Waals surface area contributed by atoms with Gasteiger partial charge in [-0.3, -0.25) is 18.8 Å². The van der Waals surface area contributed by atoms with Gasteiger partial charge in [-0.25, -0.2) is 4.98 Å². The number of carboxylic acid groups (broad SMARTS) is 1. The molecule has 0 spiro atoms. The van der Waals surface area contributed by atoms with Crippen LogP contribution in [0.1, 0.15) is 27.3 Å². The quantitative estimate of drug-likeness (QED) is 0.882. The minimum atomic E-state index is -0.949. The van der Waals surface area contributed by atoms with Crippen LogP contribution in [0.15, 0.2) is 11.0 Å². The average molecular weight is 367 g/mol. The van der Waals surface area contributed by atoms with Crippen molar-refractivity contribution in [1.82, 2.24) is 14.3 Å². The summed E-state index contributed by atoms with van der Waals surface area (Å²) >= 11 is 3.02. The molecule has 0 bridgehead atoms. The van der Waals surface area contributed by atoms with Crippen molar-refractivity contribution in [3.8, 4) is 0 Å². The van der Waals surface area contributed by atoms with Crippen molar-refractivity contribution in [3.05, 3.63) is 32.7 Å². The van der Waals surface area contributed by atoms with Crippen LogP contribution < -0.4 is 5.56 Å². The molecule has 2 aromatic rings. The minimum absolute atomic E-state index is 0.00399. The number of amides is 1. The Labute approximate surface area is 146 Å². The molecule has 2 aromatic heterocycles. The van der Waals surface area contributed by atoms with Crippen LogP contribution in [0.3, 0.4) is 0 Å². The van der Waals surface area contributed by atoms with Gasteiger partial charge in [0.1, 0.15) is 5.56 Å². The van der Waals surface area contributed by atoms with Gasteiger partial charge in [0.25, 0.3) is 11.5 Å². The van der Waals surface area contributed by atoms with E-state index in [1.807, 2.05) is 13.8 Å². The maximum absolute atomic E-state index is 12.8. The molecule has 0 aromatic carbocycles. The fourth-order valence-electron chi connectivity index (χ4n) is 2.77. The highest BCUT2D eigenvalue weighted by Crippen LogP contribution is 2.22. The summed E-state index contributed by atoms with van der Waals surface area (Å²) in [6.45, 7) is 4.16. The molecular weight excluding hydrogens is 350 g/mol. The Balaban J connectivity index is 2.01. The number of aliphatic carboxylic acids is 1. The largest absolute Gasteiger partial charge is 0.481 e. The summed E-state index contributed by atoms with van der Waals surface area (Å²) in [7, 11) is 0. The predicted octanol–water partition coefficient (Wildman–Crippen LogP) is 1.41. The fourth-order valence-corrected chi connectivity index (χ4v) is 4.76. The number of carbonyl (C=O) groups excluding carboxylic acids is 1. The summed E-state index contributed by atoms with van der Waals surface area (Å²) < 4.78 is 1.46. The third-order valence-electron chi connectivity index (χ3n) is 4.15. The van der Waals surface area contributed by atoms with Crippen LogP contribution in [0.2, 0.25) is 0 Å². The Hall–Kier alpha value is -1.87. The zero-order valence-electron chi connectivity index (χ0n) is 13.3. The first kappa shape index (κ1) is 17.0. The Morgan fingerprint density at radius 2 is 2.17 bits per heavy atom. The third kappa shape index (κ3) is 2.93. The minimum Gasteiger partial charge on any atom is -0.481 e. The lowest BCUT2D eigenvalue weighted by Crippen LogP contribution is -2.48. The molecule has 3 heterocycles. The Bertz CT molecular complexity index is 873. The lowest BCUT2D eigenvalue weighted by Gasteiger charge is -2.34. The molecule has 24 heavy (non-hydrogen) atoms. The molecule has 1 aliphatic rings. The molecule has 0 radical (unpaired) electrons. The van der Waals surface area contributed by atoms with Crippen molar-refractivity contribution in [3.63, 3.8) is 0 Å². The van der Waals surface area contributed by atoms with E-state index in [1.54, 1.807) is 11.8 Å². The van der Waals surface area contributed by atoms with Crippen molar-refractivity contribution in [1.29, 1.82) is 0 Å². The second-order valence-electron chi connectivity index (χ2n) is 5.66. The van der Waals surface area contributed by atoms with Gasteiger partial charge in [0, 0.05) is 34.8 Å². The lowest BCUT2D eigenvalue weighted by molar-refractivity contribution is -0.138. The number of fused-ring (bicyclic) bond motifs is 1. The molecule has 0 saturated carbocycles. The number of hydrogen-bond donors (Lipinski definition) is 1. The molecule has 1 saturated heterocycles. The van der Waals surface area contributed by atoms with Crippen molar-refractivity contribution >= 4 is 39.9 Å². The first-order valence-corrected chi connectivity index (χ1v) is 9.45. The maximum Gasteiger partial charge on any atom is 0.305 e. The highest BCUT2D eigenvalue weighted by Gasteiger charge is 2.31. The number of aryl methyl sites for hydroxylation is 2. The molecule has 7 nitrogen and oxygen atoms in total. The number of rotatable bonds is 3. The molecule has 1 atom stereocenters. The zero-order chi connectivity index (χ0) is 17.4. The predicted molar refractivity (Wildman–Crippen MR) is 93.2 cm³/mol. The standard InChI is InChI=1S/C15H17N3O4S2/c1-8-9(2)24-15-16-6-11(14(22)18(8)15)13(21)17-3-4-23-7-10(17)5-12(19)20/h6,10H,3-5,7H2,1-2H3,(H,19,20). The van der Waals surface area contributed by atoms with Gasteiger partial charge >= 0.3 is 5.97 Å². The van der Waals surface area contributed by atoms with Gasteiger partial charge in [0.05, 0.1) is 12.5 Å².